The molecule has 3 aromatic heterocycles. The van der Waals surface area contributed by atoms with E-state index in [-0.39, 0.29) is 12.0 Å². The van der Waals surface area contributed by atoms with Gasteiger partial charge in [-0.3, -0.25) is 4.79 Å². The fraction of sp³-hybridized carbons (Fsp3) is 0.154. The molecule has 0 fully saturated rings. The molecule has 0 saturated carbocycles. The Morgan fingerprint density at radius 3 is 3.05 bits per heavy atom. The van der Waals surface area contributed by atoms with Gasteiger partial charge in [-0.1, -0.05) is 0 Å². The predicted molar refractivity (Wildman–Crippen MR) is 72.0 cm³/mol. The summed E-state index contributed by atoms with van der Waals surface area (Å²) in [5, 5.41) is 11.0. The minimum absolute atomic E-state index is 0.0955. The summed E-state index contributed by atoms with van der Waals surface area (Å²) in [6.07, 6.45) is 0.0955. The number of nitriles is 1. The number of H-pyrrole nitrogens is 1. The summed E-state index contributed by atoms with van der Waals surface area (Å²) in [6, 6.07) is 5.66. The van der Waals surface area contributed by atoms with Crippen molar-refractivity contribution in [2.24, 2.45) is 0 Å². The molecule has 0 unspecified atom stereocenters. The number of nitrogens with zero attached hydrogens (tertiary/aromatic N) is 2. The van der Waals surface area contributed by atoms with Gasteiger partial charge in [0.1, 0.15) is 22.2 Å². The van der Waals surface area contributed by atoms with Crippen LogP contribution in [-0.4, -0.2) is 9.97 Å². The first-order valence-corrected chi connectivity index (χ1v) is 6.51. The van der Waals surface area contributed by atoms with Crippen LogP contribution in [0, 0.1) is 18.3 Å². The minimum atomic E-state index is -0.236. The van der Waals surface area contributed by atoms with Gasteiger partial charge >= 0.3 is 0 Å². The molecule has 0 saturated heterocycles. The standard InChI is InChI=1S/C13H9N3O2S/c1-7-2-3-9(18-7)8-6-19-13-11(8)12(17)15-10(16-13)4-5-14/h2-3,6H,4H2,1H3,(H,15,16,17). The van der Waals surface area contributed by atoms with Crippen molar-refractivity contribution >= 4 is 21.6 Å². The number of hydrogen-bond donors (Lipinski definition) is 1. The van der Waals surface area contributed by atoms with Crippen LogP contribution >= 0.6 is 11.3 Å². The van der Waals surface area contributed by atoms with E-state index in [2.05, 4.69) is 9.97 Å². The number of hydrogen-bond acceptors (Lipinski definition) is 5. The summed E-state index contributed by atoms with van der Waals surface area (Å²) < 4.78 is 5.54. The van der Waals surface area contributed by atoms with Crippen LogP contribution in [0.2, 0.25) is 0 Å². The lowest BCUT2D eigenvalue weighted by atomic mass is 10.2. The van der Waals surface area contributed by atoms with Crippen molar-refractivity contribution in [2.45, 2.75) is 13.3 Å². The highest BCUT2D eigenvalue weighted by Crippen LogP contribution is 2.31. The van der Waals surface area contributed by atoms with Gasteiger partial charge in [-0.15, -0.1) is 11.3 Å². The summed E-state index contributed by atoms with van der Waals surface area (Å²) in [5.41, 5.74) is 0.505. The predicted octanol–water partition coefficient (Wildman–Crippen LogP) is 2.62. The Kier molecular flexibility index (Phi) is 2.69. The Labute approximate surface area is 112 Å². The number of aromatic amines is 1. The van der Waals surface area contributed by atoms with Gasteiger partial charge < -0.3 is 9.40 Å². The van der Waals surface area contributed by atoms with Gasteiger partial charge in [-0.05, 0) is 19.1 Å². The van der Waals surface area contributed by atoms with Crippen molar-refractivity contribution in [3.8, 4) is 17.4 Å². The van der Waals surface area contributed by atoms with E-state index in [1.807, 2.05) is 30.5 Å². The van der Waals surface area contributed by atoms with Crippen molar-refractivity contribution in [1.29, 1.82) is 5.26 Å². The molecular formula is C13H9N3O2S. The average Bonchev–Trinajstić information content (AvgIpc) is 2.95. The summed E-state index contributed by atoms with van der Waals surface area (Å²) in [4.78, 5) is 19.6. The second-order valence-corrected chi connectivity index (χ2v) is 4.95. The molecule has 3 heterocycles. The first-order chi connectivity index (χ1) is 9.19. The summed E-state index contributed by atoms with van der Waals surface area (Å²) in [5.74, 6) is 1.84. The highest BCUT2D eigenvalue weighted by atomic mass is 32.1. The molecular weight excluding hydrogens is 262 g/mol. The molecule has 5 nitrogen and oxygen atoms in total. The van der Waals surface area contributed by atoms with Gasteiger partial charge in [0.25, 0.3) is 5.56 Å². The second-order valence-electron chi connectivity index (χ2n) is 4.09. The van der Waals surface area contributed by atoms with E-state index in [4.69, 9.17) is 9.68 Å². The van der Waals surface area contributed by atoms with Crippen molar-refractivity contribution in [3.05, 3.63) is 39.5 Å². The maximum atomic E-state index is 12.1. The zero-order valence-electron chi connectivity index (χ0n) is 10.1. The highest BCUT2D eigenvalue weighted by molar-refractivity contribution is 7.17. The van der Waals surface area contributed by atoms with Crippen LogP contribution in [0.5, 0.6) is 0 Å². The van der Waals surface area contributed by atoms with Crippen LogP contribution in [-0.2, 0) is 6.42 Å². The monoisotopic (exact) mass is 271 g/mol. The molecule has 3 aromatic rings. The number of fused-ring (bicyclic) bond motifs is 1. The van der Waals surface area contributed by atoms with E-state index in [9.17, 15) is 4.79 Å². The van der Waals surface area contributed by atoms with E-state index in [0.717, 1.165) is 11.3 Å². The third-order valence-corrected chi connectivity index (χ3v) is 3.62. The normalized spacial score (nSPS) is 10.7. The lowest BCUT2D eigenvalue weighted by molar-refractivity contribution is 0.549. The van der Waals surface area contributed by atoms with E-state index in [0.29, 0.717) is 21.8 Å². The zero-order valence-corrected chi connectivity index (χ0v) is 10.9. The molecule has 0 radical (unpaired) electrons. The fourth-order valence-electron chi connectivity index (χ4n) is 1.91. The van der Waals surface area contributed by atoms with Gasteiger partial charge in [0, 0.05) is 10.9 Å². The van der Waals surface area contributed by atoms with Gasteiger partial charge in [0.2, 0.25) is 0 Å². The van der Waals surface area contributed by atoms with Crippen molar-refractivity contribution in [3.63, 3.8) is 0 Å². The smallest absolute Gasteiger partial charge is 0.260 e. The third-order valence-electron chi connectivity index (χ3n) is 2.75. The van der Waals surface area contributed by atoms with E-state index >= 15 is 0 Å². The summed E-state index contributed by atoms with van der Waals surface area (Å²) >= 11 is 1.37. The van der Waals surface area contributed by atoms with Crippen LogP contribution in [0.25, 0.3) is 21.5 Å². The lowest BCUT2D eigenvalue weighted by Crippen LogP contribution is -2.10. The molecule has 6 heteroatoms. The first-order valence-electron chi connectivity index (χ1n) is 5.63. The van der Waals surface area contributed by atoms with E-state index in [1.54, 1.807) is 0 Å². The van der Waals surface area contributed by atoms with Crippen LogP contribution in [0.3, 0.4) is 0 Å². The molecule has 0 spiro atoms. The molecule has 3 rings (SSSR count). The third kappa shape index (κ3) is 1.94. The molecule has 0 aromatic carbocycles. The number of aromatic nitrogens is 2. The van der Waals surface area contributed by atoms with Crippen molar-refractivity contribution < 1.29 is 4.42 Å². The Bertz CT molecular complexity index is 851. The van der Waals surface area contributed by atoms with Crippen molar-refractivity contribution in [1.82, 2.24) is 9.97 Å². The average molecular weight is 271 g/mol. The number of furan rings is 1. The molecule has 0 amide bonds. The Morgan fingerprint density at radius 1 is 1.53 bits per heavy atom. The van der Waals surface area contributed by atoms with Crippen LogP contribution < -0.4 is 5.56 Å². The Hall–Kier alpha value is -2.39. The number of aryl methyl sites for hydroxylation is 1. The summed E-state index contributed by atoms with van der Waals surface area (Å²) in [7, 11) is 0. The maximum absolute atomic E-state index is 12.1. The van der Waals surface area contributed by atoms with E-state index < -0.39 is 0 Å². The maximum Gasteiger partial charge on any atom is 0.260 e. The number of thiophene rings is 1. The van der Waals surface area contributed by atoms with Crippen LogP contribution in [0.4, 0.5) is 0 Å². The quantitative estimate of drug-likeness (QED) is 0.776. The van der Waals surface area contributed by atoms with Crippen LogP contribution in [0.15, 0.2) is 26.7 Å². The molecule has 0 aliphatic rings. The number of rotatable bonds is 2. The van der Waals surface area contributed by atoms with Gasteiger partial charge in [0.15, 0.2) is 0 Å². The Balaban J connectivity index is 2.24. The zero-order chi connectivity index (χ0) is 13.4. The highest BCUT2D eigenvalue weighted by Gasteiger charge is 2.14. The minimum Gasteiger partial charge on any atom is -0.461 e. The van der Waals surface area contributed by atoms with Gasteiger partial charge in [0.05, 0.1) is 17.9 Å². The van der Waals surface area contributed by atoms with Gasteiger partial charge in [-0.2, -0.15) is 5.26 Å². The number of nitrogens with one attached hydrogen (secondary N) is 1. The van der Waals surface area contributed by atoms with E-state index in [1.165, 1.54) is 11.3 Å². The topological polar surface area (TPSA) is 82.7 Å². The van der Waals surface area contributed by atoms with Gasteiger partial charge in [-0.25, -0.2) is 4.98 Å². The van der Waals surface area contributed by atoms with Crippen molar-refractivity contribution in [2.75, 3.05) is 0 Å². The first kappa shape index (κ1) is 11.7. The molecule has 0 bridgehead atoms. The molecule has 19 heavy (non-hydrogen) atoms. The largest absolute Gasteiger partial charge is 0.461 e. The second kappa shape index (κ2) is 4.37. The molecule has 94 valence electrons. The fourth-order valence-corrected chi connectivity index (χ4v) is 2.86. The molecule has 0 aliphatic heterocycles. The van der Waals surface area contributed by atoms with Crippen LogP contribution in [0.1, 0.15) is 11.6 Å². The Morgan fingerprint density at radius 2 is 2.37 bits per heavy atom. The molecule has 0 aliphatic carbocycles. The SMILES string of the molecule is Cc1ccc(-c2csc3nc(CC#N)[nH]c(=O)c23)o1. The summed E-state index contributed by atoms with van der Waals surface area (Å²) in [6.45, 7) is 1.85. The molecule has 0 atom stereocenters. The molecule has 1 N–H and O–H groups in total. The lowest BCUT2D eigenvalue weighted by Gasteiger charge is -1.96.